The maximum Gasteiger partial charge on any atom is -0.0297 e. The molecular formula is C16H32. The molecule has 0 radical (unpaired) electrons. The summed E-state index contributed by atoms with van der Waals surface area (Å²) in [7, 11) is 0. The minimum Gasteiger partial charge on any atom is -0.0683 e. The highest BCUT2D eigenvalue weighted by atomic mass is 14.4. The SMILES string of the molecule is CC.CC(C)C1CCC2(CCCCC2)CC1. The smallest absolute Gasteiger partial charge is 0.0297 e. The predicted molar refractivity (Wildman–Crippen MR) is 73.7 cm³/mol. The first-order valence-corrected chi connectivity index (χ1v) is 7.72. The van der Waals surface area contributed by atoms with E-state index in [2.05, 4.69) is 13.8 Å². The Kier molecular flexibility index (Phi) is 5.86. The molecule has 0 aromatic carbocycles. The molecule has 0 amide bonds. The van der Waals surface area contributed by atoms with Gasteiger partial charge in [0.1, 0.15) is 0 Å². The van der Waals surface area contributed by atoms with Crippen molar-refractivity contribution in [3.8, 4) is 0 Å². The second-order valence-electron chi connectivity index (χ2n) is 6.14. The molecule has 0 bridgehead atoms. The van der Waals surface area contributed by atoms with Crippen LogP contribution in [0.5, 0.6) is 0 Å². The van der Waals surface area contributed by atoms with Gasteiger partial charge >= 0.3 is 0 Å². The summed E-state index contributed by atoms with van der Waals surface area (Å²) >= 11 is 0. The van der Waals surface area contributed by atoms with Crippen LogP contribution in [-0.4, -0.2) is 0 Å². The van der Waals surface area contributed by atoms with E-state index in [9.17, 15) is 0 Å². The molecule has 0 aliphatic heterocycles. The van der Waals surface area contributed by atoms with Crippen LogP contribution in [0.3, 0.4) is 0 Å². The van der Waals surface area contributed by atoms with Crippen LogP contribution in [0.4, 0.5) is 0 Å². The lowest BCUT2D eigenvalue weighted by molar-refractivity contribution is 0.0829. The van der Waals surface area contributed by atoms with Crippen molar-refractivity contribution in [3.05, 3.63) is 0 Å². The summed E-state index contributed by atoms with van der Waals surface area (Å²) < 4.78 is 0. The molecule has 0 aromatic rings. The summed E-state index contributed by atoms with van der Waals surface area (Å²) in [5, 5.41) is 0. The Morgan fingerprint density at radius 2 is 1.31 bits per heavy atom. The van der Waals surface area contributed by atoms with Gasteiger partial charge in [-0.05, 0) is 55.8 Å². The second-order valence-corrected chi connectivity index (χ2v) is 6.14. The van der Waals surface area contributed by atoms with Crippen molar-refractivity contribution in [2.45, 2.75) is 85.5 Å². The molecule has 2 fully saturated rings. The molecule has 0 saturated heterocycles. The van der Waals surface area contributed by atoms with Gasteiger partial charge in [-0.3, -0.25) is 0 Å². The highest BCUT2D eigenvalue weighted by Crippen LogP contribution is 2.49. The predicted octanol–water partition coefficient (Wildman–Crippen LogP) is 5.81. The molecule has 0 heterocycles. The summed E-state index contributed by atoms with van der Waals surface area (Å²) in [6.45, 7) is 8.81. The lowest BCUT2D eigenvalue weighted by Gasteiger charge is -2.44. The van der Waals surface area contributed by atoms with Crippen molar-refractivity contribution < 1.29 is 0 Å². The summed E-state index contributed by atoms with van der Waals surface area (Å²) in [6, 6.07) is 0. The van der Waals surface area contributed by atoms with Crippen LogP contribution in [0.2, 0.25) is 0 Å². The maximum absolute atomic E-state index is 2.41. The Balaban J connectivity index is 0.000000606. The number of hydrogen-bond donors (Lipinski definition) is 0. The van der Waals surface area contributed by atoms with Gasteiger partial charge in [0.25, 0.3) is 0 Å². The monoisotopic (exact) mass is 224 g/mol. The third-order valence-corrected chi connectivity index (χ3v) is 4.95. The Labute approximate surface area is 103 Å². The normalized spacial score (nSPS) is 25.3. The largest absolute Gasteiger partial charge is 0.0683 e. The van der Waals surface area contributed by atoms with Crippen molar-refractivity contribution in [2.24, 2.45) is 17.3 Å². The molecular weight excluding hydrogens is 192 g/mol. The minimum atomic E-state index is 0.823. The Morgan fingerprint density at radius 1 is 0.812 bits per heavy atom. The highest BCUT2D eigenvalue weighted by Gasteiger charge is 2.36. The van der Waals surface area contributed by atoms with Gasteiger partial charge in [0.2, 0.25) is 0 Å². The van der Waals surface area contributed by atoms with Crippen molar-refractivity contribution in [1.29, 1.82) is 0 Å². The maximum atomic E-state index is 2.41. The molecule has 0 N–H and O–H groups in total. The topological polar surface area (TPSA) is 0 Å². The molecule has 2 aliphatic carbocycles. The van der Waals surface area contributed by atoms with E-state index in [1.54, 1.807) is 25.7 Å². The molecule has 0 heteroatoms. The number of hydrogen-bond acceptors (Lipinski definition) is 0. The van der Waals surface area contributed by atoms with Gasteiger partial charge in [-0.2, -0.15) is 0 Å². The fourth-order valence-corrected chi connectivity index (χ4v) is 3.72. The van der Waals surface area contributed by atoms with E-state index < -0.39 is 0 Å². The summed E-state index contributed by atoms with van der Waals surface area (Å²) in [6.07, 6.45) is 13.8. The van der Waals surface area contributed by atoms with Crippen LogP contribution >= 0.6 is 0 Å². The van der Waals surface area contributed by atoms with Crippen LogP contribution in [-0.2, 0) is 0 Å². The molecule has 2 aliphatic rings. The Hall–Kier alpha value is 0. The zero-order chi connectivity index (χ0) is 12.0. The molecule has 0 aromatic heterocycles. The highest BCUT2D eigenvalue weighted by molar-refractivity contribution is 4.88. The van der Waals surface area contributed by atoms with Crippen molar-refractivity contribution in [1.82, 2.24) is 0 Å². The quantitative estimate of drug-likeness (QED) is 0.527. The Morgan fingerprint density at radius 3 is 1.75 bits per heavy atom. The van der Waals surface area contributed by atoms with Crippen LogP contribution < -0.4 is 0 Å². The van der Waals surface area contributed by atoms with E-state index in [1.165, 1.54) is 32.1 Å². The molecule has 96 valence electrons. The van der Waals surface area contributed by atoms with Gasteiger partial charge in [0.05, 0.1) is 0 Å². The molecule has 0 atom stereocenters. The van der Waals surface area contributed by atoms with E-state index in [1.807, 2.05) is 13.8 Å². The zero-order valence-electron chi connectivity index (χ0n) is 12.0. The molecule has 2 saturated carbocycles. The lowest BCUT2D eigenvalue weighted by atomic mass is 9.62. The van der Waals surface area contributed by atoms with E-state index in [4.69, 9.17) is 0 Å². The third-order valence-electron chi connectivity index (χ3n) is 4.95. The summed E-state index contributed by atoms with van der Waals surface area (Å²) in [5.41, 5.74) is 0.823. The average Bonchev–Trinajstić information content (AvgIpc) is 2.33. The van der Waals surface area contributed by atoms with Crippen molar-refractivity contribution in [3.63, 3.8) is 0 Å². The first-order valence-electron chi connectivity index (χ1n) is 7.72. The second kappa shape index (κ2) is 6.67. The third kappa shape index (κ3) is 3.50. The average molecular weight is 224 g/mol. The van der Waals surface area contributed by atoms with Crippen LogP contribution in [0.15, 0.2) is 0 Å². The number of rotatable bonds is 1. The van der Waals surface area contributed by atoms with Crippen LogP contribution in [0.1, 0.15) is 85.5 Å². The van der Waals surface area contributed by atoms with E-state index in [-0.39, 0.29) is 0 Å². The van der Waals surface area contributed by atoms with Gasteiger partial charge in [-0.1, -0.05) is 47.0 Å². The van der Waals surface area contributed by atoms with Crippen LogP contribution in [0.25, 0.3) is 0 Å². The van der Waals surface area contributed by atoms with Crippen LogP contribution in [0, 0.1) is 17.3 Å². The first kappa shape index (κ1) is 14.1. The van der Waals surface area contributed by atoms with Gasteiger partial charge < -0.3 is 0 Å². The summed E-state index contributed by atoms with van der Waals surface area (Å²) in [5.74, 6) is 1.97. The van der Waals surface area contributed by atoms with Gasteiger partial charge in [-0.25, -0.2) is 0 Å². The molecule has 0 unspecified atom stereocenters. The fraction of sp³-hybridized carbons (Fsp3) is 1.00. The standard InChI is InChI=1S/C14H26.C2H6/c1-12(2)13-6-10-14(11-7-13)8-4-3-5-9-14;1-2/h12-13H,3-11H2,1-2H3;1-2H3. The molecule has 2 rings (SSSR count). The molecule has 16 heavy (non-hydrogen) atoms. The minimum absolute atomic E-state index is 0.823. The van der Waals surface area contributed by atoms with E-state index in [0.717, 1.165) is 17.3 Å². The fourth-order valence-electron chi connectivity index (χ4n) is 3.72. The van der Waals surface area contributed by atoms with Gasteiger partial charge in [-0.15, -0.1) is 0 Å². The van der Waals surface area contributed by atoms with Gasteiger partial charge in [0, 0.05) is 0 Å². The van der Waals surface area contributed by atoms with E-state index in [0.29, 0.717) is 0 Å². The van der Waals surface area contributed by atoms with Crippen molar-refractivity contribution in [2.75, 3.05) is 0 Å². The lowest BCUT2D eigenvalue weighted by Crippen LogP contribution is -2.31. The Bertz CT molecular complexity index is 164. The van der Waals surface area contributed by atoms with Crippen molar-refractivity contribution >= 4 is 0 Å². The summed E-state index contributed by atoms with van der Waals surface area (Å²) in [4.78, 5) is 0. The zero-order valence-corrected chi connectivity index (χ0v) is 12.0. The molecule has 0 nitrogen and oxygen atoms in total. The van der Waals surface area contributed by atoms with Gasteiger partial charge in [0.15, 0.2) is 0 Å². The molecule has 1 spiro atoms. The first-order chi connectivity index (χ1) is 7.72. The van der Waals surface area contributed by atoms with E-state index >= 15 is 0 Å².